The maximum Gasteiger partial charge on any atom is 0.226 e. The largest absolute Gasteiger partial charge is 0.338 e. The first kappa shape index (κ1) is 19.9. The molecule has 1 saturated heterocycles. The fourth-order valence-corrected chi connectivity index (χ4v) is 4.34. The molecule has 1 aromatic rings. The van der Waals surface area contributed by atoms with Gasteiger partial charge in [0.15, 0.2) is 9.84 Å². The molecular weight excluding hydrogens is 343 g/mol. The number of carbonyl (C=O) groups is 1. The second-order valence-electron chi connectivity index (χ2n) is 5.70. The molecular formula is C15H22ClFN2O3S. The summed E-state index contributed by atoms with van der Waals surface area (Å²) < 4.78 is 37.5. The van der Waals surface area contributed by atoms with Crippen LogP contribution in [0.5, 0.6) is 0 Å². The minimum Gasteiger partial charge on any atom is -0.338 e. The number of carbonyl (C=O) groups excluding carboxylic acids is 1. The fraction of sp³-hybridized carbons (Fsp3) is 0.533. The van der Waals surface area contributed by atoms with Gasteiger partial charge in [-0.25, -0.2) is 12.8 Å². The summed E-state index contributed by atoms with van der Waals surface area (Å²) in [4.78, 5) is 14.1. The lowest BCUT2D eigenvalue weighted by molar-refractivity contribution is -0.135. The summed E-state index contributed by atoms with van der Waals surface area (Å²) in [6.45, 7) is 2.63. The van der Waals surface area contributed by atoms with Gasteiger partial charge < -0.3 is 10.6 Å². The van der Waals surface area contributed by atoms with E-state index in [1.165, 1.54) is 12.1 Å². The van der Waals surface area contributed by atoms with E-state index in [1.807, 2.05) is 0 Å². The van der Waals surface area contributed by atoms with Crippen LogP contribution in [0.4, 0.5) is 4.39 Å². The van der Waals surface area contributed by atoms with Gasteiger partial charge in [0.25, 0.3) is 0 Å². The standard InChI is InChI=1S/C15H21FN2O3S.ClH/c1-11(15(19)18-8-2-3-13(18)9-17)10-22(20,21)14-6-4-12(16)5-7-14;/h4-7,11,13H,2-3,8-10,17H2,1H3;1H. The Morgan fingerprint density at radius 2 is 2.00 bits per heavy atom. The minimum atomic E-state index is -3.62. The van der Waals surface area contributed by atoms with Gasteiger partial charge in [0.2, 0.25) is 5.91 Å². The summed E-state index contributed by atoms with van der Waals surface area (Å²) in [5.41, 5.74) is 5.65. The number of halogens is 2. The molecule has 1 aromatic carbocycles. The Hall–Kier alpha value is -1.18. The predicted octanol–water partition coefficient (Wildman–Crippen LogP) is 1.61. The average Bonchev–Trinajstić information content (AvgIpc) is 2.94. The first-order chi connectivity index (χ1) is 10.3. The third kappa shape index (κ3) is 4.65. The number of nitrogens with zero attached hydrogens (tertiary/aromatic N) is 1. The molecule has 0 aliphatic carbocycles. The zero-order valence-electron chi connectivity index (χ0n) is 12.9. The van der Waals surface area contributed by atoms with Gasteiger partial charge in [0, 0.05) is 25.0 Å². The molecule has 0 spiro atoms. The lowest BCUT2D eigenvalue weighted by atomic mass is 10.1. The third-order valence-corrected chi connectivity index (χ3v) is 5.93. The normalized spacial score (nSPS) is 19.3. The first-order valence-electron chi connectivity index (χ1n) is 7.34. The Morgan fingerprint density at radius 1 is 1.39 bits per heavy atom. The van der Waals surface area contributed by atoms with Crippen LogP contribution in [0.2, 0.25) is 0 Å². The van der Waals surface area contributed by atoms with Gasteiger partial charge in [-0.05, 0) is 37.1 Å². The van der Waals surface area contributed by atoms with E-state index in [0.717, 1.165) is 25.0 Å². The summed E-state index contributed by atoms with van der Waals surface area (Å²) in [5, 5.41) is 0. The number of likely N-dealkylation sites (tertiary alicyclic amines) is 1. The number of benzene rings is 1. The molecule has 1 aliphatic heterocycles. The summed E-state index contributed by atoms with van der Waals surface area (Å²) >= 11 is 0. The molecule has 5 nitrogen and oxygen atoms in total. The zero-order valence-corrected chi connectivity index (χ0v) is 14.6. The minimum absolute atomic E-state index is 0. The molecule has 8 heteroatoms. The van der Waals surface area contributed by atoms with Crippen molar-refractivity contribution in [3.05, 3.63) is 30.1 Å². The quantitative estimate of drug-likeness (QED) is 0.805. The number of hydrogen-bond acceptors (Lipinski definition) is 4. The molecule has 2 rings (SSSR count). The molecule has 2 N–H and O–H groups in total. The van der Waals surface area contributed by atoms with Crippen LogP contribution >= 0.6 is 12.4 Å². The van der Waals surface area contributed by atoms with Crippen LogP contribution in [-0.4, -0.2) is 44.1 Å². The summed E-state index contributed by atoms with van der Waals surface area (Å²) in [7, 11) is -3.62. The smallest absolute Gasteiger partial charge is 0.226 e. The number of nitrogens with two attached hydrogens (primary N) is 1. The zero-order chi connectivity index (χ0) is 16.3. The van der Waals surface area contributed by atoms with Crippen molar-refractivity contribution in [2.24, 2.45) is 11.7 Å². The number of rotatable bonds is 5. The third-order valence-electron chi connectivity index (χ3n) is 4.00. The van der Waals surface area contributed by atoms with E-state index in [2.05, 4.69) is 0 Å². The first-order valence-corrected chi connectivity index (χ1v) is 8.99. The summed E-state index contributed by atoms with van der Waals surface area (Å²) in [5.74, 6) is -1.61. The number of amides is 1. The Bertz CT molecular complexity index is 637. The van der Waals surface area contributed by atoms with E-state index in [4.69, 9.17) is 5.73 Å². The van der Waals surface area contributed by atoms with Crippen molar-refractivity contribution < 1.29 is 17.6 Å². The highest BCUT2D eigenvalue weighted by atomic mass is 35.5. The van der Waals surface area contributed by atoms with E-state index < -0.39 is 21.6 Å². The van der Waals surface area contributed by atoms with Gasteiger partial charge >= 0.3 is 0 Å². The monoisotopic (exact) mass is 364 g/mol. The molecule has 1 heterocycles. The van der Waals surface area contributed by atoms with Gasteiger partial charge in [-0.1, -0.05) is 6.92 Å². The van der Waals surface area contributed by atoms with Crippen molar-refractivity contribution in [2.75, 3.05) is 18.8 Å². The molecule has 23 heavy (non-hydrogen) atoms. The molecule has 2 unspecified atom stereocenters. The van der Waals surface area contributed by atoms with Crippen molar-refractivity contribution in [3.8, 4) is 0 Å². The molecule has 130 valence electrons. The Labute approximate surface area is 142 Å². The Kier molecular flexibility index (Phi) is 6.98. The van der Waals surface area contributed by atoms with E-state index in [-0.39, 0.29) is 35.0 Å². The van der Waals surface area contributed by atoms with Crippen molar-refractivity contribution in [1.29, 1.82) is 0 Å². The maximum absolute atomic E-state index is 12.9. The van der Waals surface area contributed by atoms with Gasteiger partial charge in [0.05, 0.1) is 10.6 Å². The lowest BCUT2D eigenvalue weighted by Crippen LogP contribution is -2.43. The predicted molar refractivity (Wildman–Crippen MR) is 88.7 cm³/mol. The van der Waals surface area contributed by atoms with Crippen LogP contribution < -0.4 is 5.73 Å². The van der Waals surface area contributed by atoms with Crippen LogP contribution in [0.3, 0.4) is 0 Å². The van der Waals surface area contributed by atoms with Crippen LogP contribution in [-0.2, 0) is 14.6 Å². The molecule has 1 aliphatic rings. The van der Waals surface area contributed by atoms with E-state index in [0.29, 0.717) is 13.1 Å². The van der Waals surface area contributed by atoms with Gasteiger partial charge in [-0.3, -0.25) is 4.79 Å². The highest BCUT2D eigenvalue weighted by Crippen LogP contribution is 2.21. The SMILES string of the molecule is CC(CS(=O)(=O)c1ccc(F)cc1)C(=O)N1CCCC1CN.Cl. The van der Waals surface area contributed by atoms with E-state index >= 15 is 0 Å². The molecule has 1 fully saturated rings. The molecule has 0 saturated carbocycles. The highest BCUT2D eigenvalue weighted by molar-refractivity contribution is 7.91. The van der Waals surface area contributed by atoms with Crippen molar-refractivity contribution in [3.63, 3.8) is 0 Å². The second-order valence-corrected chi connectivity index (χ2v) is 7.73. The van der Waals surface area contributed by atoms with Gasteiger partial charge in [-0.2, -0.15) is 0 Å². The van der Waals surface area contributed by atoms with Crippen LogP contribution in [0.25, 0.3) is 0 Å². The lowest BCUT2D eigenvalue weighted by Gasteiger charge is -2.26. The summed E-state index contributed by atoms with van der Waals surface area (Å²) in [6.07, 6.45) is 1.75. The van der Waals surface area contributed by atoms with E-state index in [9.17, 15) is 17.6 Å². The highest BCUT2D eigenvalue weighted by Gasteiger charge is 2.32. The van der Waals surface area contributed by atoms with Gasteiger partial charge in [-0.15, -0.1) is 12.4 Å². The topological polar surface area (TPSA) is 80.5 Å². The van der Waals surface area contributed by atoms with Crippen LogP contribution in [0, 0.1) is 11.7 Å². The molecule has 0 bridgehead atoms. The van der Waals surface area contributed by atoms with Crippen LogP contribution in [0.1, 0.15) is 19.8 Å². The van der Waals surface area contributed by atoms with Crippen molar-refractivity contribution in [2.45, 2.75) is 30.7 Å². The molecule has 1 amide bonds. The molecule has 0 aromatic heterocycles. The van der Waals surface area contributed by atoms with Crippen molar-refractivity contribution in [1.82, 2.24) is 4.90 Å². The van der Waals surface area contributed by atoms with Gasteiger partial charge in [0.1, 0.15) is 5.82 Å². The molecule has 0 radical (unpaired) electrons. The van der Waals surface area contributed by atoms with E-state index in [1.54, 1.807) is 11.8 Å². The summed E-state index contributed by atoms with van der Waals surface area (Å²) in [6, 6.07) is 4.65. The number of sulfone groups is 1. The Morgan fingerprint density at radius 3 is 2.57 bits per heavy atom. The molecule has 2 atom stereocenters. The Balaban J connectivity index is 0.00000264. The van der Waals surface area contributed by atoms with Crippen molar-refractivity contribution >= 4 is 28.2 Å². The second kappa shape index (κ2) is 8.08. The fourth-order valence-electron chi connectivity index (χ4n) is 2.79. The average molecular weight is 365 g/mol. The number of hydrogen-bond donors (Lipinski definition) is 1. The van der Waals surface area contributed by atoms with Crippen LogP contribution in [0.15, 0.2) is 29.2 Å². The maximum atomic E-state index is 12.9.